The first-order valence-corrected chi connectivity index (χ1v) is 8.12. The molecule has 2 aliphatic heterocycles. The first-order valence-electron chi connectivity index (χ1n) is 8.12. The number of nitrogens with one attached hydrogen (secondary N) is 2. The van der Waals surface area contributed by atoms with E-state index in [1.807, 2.05) is 6.07 Å². The third-order valence-electron chi connectivity index (χ3n) is 4.55. The van der Waals surface area contributed by atoms with E-state index in [0.717, 1.165) is 45.4 Å². The van der Waals surface area contributed by atoms with E-state index in [2.05, 4.69) is 39.8 Å². The Kier molecular flexibility index (Phi) is 4.88. The van der Waals surface area contributed by atoms with Crippen molar-refractivity contribution in [2.24, 2.45) is 0 Å². The van der Waals surface area contributed by atoms with Crippen LogP contribution in [0.2, 0.25) is 0 Å². The molecule has 2 aliphatic rings. The fourth-order valence-electron chi connectivity index (χ4n) is 3.37. The molecule has 2 saturated heterocycles. The molecule has 2 atom stereocenters. The van der Waals surface area contributed by atoms with Crippen molar-refractivity contribution in [3.8, 4) is 0 Å². The second-order valence-electron chi connectivity index (χ2n) is 6.17. The third-order valence-corrected chi connectivity index (χ3v) is 4.55. The standard InChI is InChI=1S/C17H25N3O/c21-17(19-15-9-10-18-12-15)16-8-4-5-11-20(16)13-14-6-2-1-3-7-14/h1-3,6-7,15-16,18H,4-5,8-13H2,(H,19,21). The summed E-state index contributed by atoms with van der Waals surface area (Å²) in [5.41, 5.74) is 1.29. The second kappa shape index (κ2) is 7.05. The molecule has 2 fully saturated rings. The minimum absolute atomic E-state index is 0.0413. The van der Waals surface area contributed by atoms with Gasteiger partial charge in [-0.25, -0.2) is 0 Å². The summed E-state index contributed by atoms with van der Waals surface area (Å²) in [4.78, 5) is 14.9. The normalized spacial score (nSPS) is 26.7. The molecule has 0 radical (unpaired) electrons. The van der Waals surface area contributed by atoms with E-state index in [4.69, 9.17) is 0 Å². The molecule has 0 saturated carbocycles. The number of carbonyl (C=O) groups excluding carboxylic acids is 1. The van der Waals surface area contributed by atoms with Crippen molar-refractivity contribution >= 4 is 5.91 Å². The number of hydrogen-bond donors (Lipinski definition) is 2. The summed E-state index contributed by atoms with van der Waals surface area (Å²) in [6.45, 7) is 3.83. The molecule has 2 unspecified atom stereocenters. The number of likely N-dealkylation sites (tertiary alicyclic amines) is 1. The Morgan fingerprint density at radius 3 is 2.86 bits per heavy atom. The van der Waals surface area contributed by atoms with E-state index in [0.29, 0.717) is 6.04 Å². The molecule has 0 aliphatic carbocycles. The maximum atomic E-state index is 12.6. The monoisotopic (exact) mass is 287 g/mol. The number of nitrogens with zero attached hydrogens (tertiary/aromatic N) is 1. The van der Waals surface area contributed by atoms with Crippen LogP contribution in [0, 0.1) is 0 Å². The summed E-state index contributed by atoms with van der Waals surface area (Å²) in [6, 6.07) is 10.8. The zero-order chi connectivity index (χ0) is 14.5. The zero-order valence-electron chi connectivity index (χ0n) is 12.6. The van der Waals surface area contributed by atoms with Crippen LogP contribution in [0.15, 0.2) is 30.3 Å². The van der Waals surface area contributed by atoms with Gasteiger partial charge in [0.05, 0.1) is 6.04 Å². The molecule has 1 amide bonds. The maximum Gasteiger partial charge on any atom is 0.237 e. The van der Waals surface area contributed by atoms with Gasteiger partial charge in [0.25, 0.3) is 0 Å². The van der Waals surface area contributed by atoms with Gasteiger partial charge in [0, 0.05) is 19.1 Å². The highest BCUT2D eigenvalue weighted by Crippen LogP contribution is 2.20. The first kappa shape index (κ1) is 14.5. The topological polar surface area (TPSA) is 44.4 Å². The van der Waals surface area contributed by atoms with Gasteiger partial charge in [0.2, 0.25) is 5.91 Å². The molecule has 1 aromatic rings. The van der Waals surface area contributed by atoms with Gasteiger partial charge in [-0.3, -0.25) is 9.69 Å². The molecule has 0 spiro atoms. The predicted molar refractivity (Wildman–Crippen MR) is 83.9 cm³/mol. The van der Waals surface area contributed by atoms with Crippen molar-refractivity contribution in [2.75, 3.05) is 19.6 Å². The molecule has 4 nitrogen and oxygen atoms in total. The molecule has 4 heteroatoms. The first-order chi connectivity index (χ1) is 10.3. The molecule has 1 aromatic carbocycles. The van der Waals surface area contributed by atoms with Crippen molar-refractivity contribution in [3.63, 3.8) is 0 Å². The van der Waals surface area contributed by atoms with Gasteiger partial charge in [0.1, 0.15) is 0 Å². The third kappa shape index (κ3) is 3.83. The Morgan fingerprint density at radius 1 is 1.24 bits per heavy atom. The fourth-order valence-corrected chi connectivity index (χ4v) is 3.37. The molecule has 2 N–H and O–H groups in total. The Balaban J connectivity index is 1.61. The highest BCUT2D eigenvalue weighted by molar-refractivity contribution is 5.82. The number of amides is 1. The van der Waals surface area contributed by atoms with Gasteiger partial charge in [0.15, 0.2) is 0 Å². The summed E-state index contributed by atoms with van der Waals surface area (Å²) in [5.74, 6) is 0.222. The van der Waals surface area contributed by atoms with E-state index in [1.54, 1.807) is 0 Å². The molecule has 21 heavy (non-hydrogen) atoms. The molecular formula is C17H25N3O. The number of rotatable bonds is 4. The Labute approximate surface area is 126 Å². The summed E-state index contributed by atoms with van der Waals surface area (Å²) in [5, 5.41) is 6.52. The fraction of sp³-hybridized carbons (Fsp3) is 0.588. The van der Waals surface area contributed by atoms with Crippen LogP contribution in [0.4, 0.5) is 0 Å². The SMILES string of the molecule is O=C(NC1CCNC1)C1CCCCN1Cc1ccccc1. The lowest BCUT2D eigenvalue weighted by molar-refractivity contribution is -0.128. The minimum Gasteiger partial charge on any atom is -0.351 e. The van der Waals surface area contributed by atoms with Crippen molar-refractivity contribution in [2.45, 2.75) is 44.3 Å². The van der Waals surface area contributed by atoms with Crippen LogP contribution in [-0.4, -0.2) is 42.5 Å². The van der Waals surface area contributed by atoms with Crippen LogP contribution < -0.4 is 10.6 Å². The summed E-state index contributed by atoms with van der Waals surface area (Å²) in [7, 11) is 0. The van der Waals surface area contributed by atoms with Crippen LogP contribution in [0.25, 0.3) is 0 Å². The van der Waals surface area contributed by atoms with Crippen LogP contribution in [0.1, 0.15) is 31.2 Å². The highest BCUT2D eigenvalue weighted by atomic mass is 16.2. The van der Waals surface area contributed by atoms with Gasteiger partial charge in [-0.1, -0.05) is 36.8 Å². The molecule has 2 heterocycles. The van der Waals surface area contributed by atoms with Crippen molar-refractivity contribution < 1.29 is 4.79 Å². The van der Waals surface area contributed by atoms with Crippen LogP contribution in [-0.2, 0) is 11.3 Å². The number of piperidine rings is 1. The molecular weight excluding hydrogens is 262 g/mol. The van der Waals surface area contributed by atoms with Crippen molar-refractivity contribution in [1.29, 1.82) is 0 Å². The average Bonchev–Trinajstić information content (AvgIpc) is 3.02. The lowest BCUT2D eigenvalue weighted by atomic mass is 10.00. The molecule has 114 valence electrons. The number of benzene rings is 1. The maximum absolute atomic E-state index is 12.6. The van der Waals surface area contributed by atoms with Crippen LogP contribution >= 0.6 is 0 Å². The van der Waals surface area contributed by atoms with E-state index in [-0.39, 0.29) is 11.9 Å². The number of hydrogen-bond acceptors (Lipinski definition) is 3. The Hall–Kier alpha value is -1.39. The van der Waals surface area contributed by atoms with Crippen molar-refractivity contribution in [1.82, 2.24) is 15.5 Å². The van der Waals surface area contributed by atoms with Gasteiger partial charge in [-0.05, 0) is 37.9 Å². The molecule has 3 rings (SSSR count). The Morgan fingerprint density at radius 2 is 2.10 bits per heavy atom. The van der Waals surface area contributed by atoms with Gasteiger partial charge >= 0.3 is 0 Å². The lowest BCUT2D eigenvalue weighted by Gasteiger charge is -2.35. The van der Waals surface area contributed by atoms with Crippen LogP contribution in [0.5, 0.6) is 0 Å². The summed E-state index contributed by atoms with van der Waals surface area (Å²) in [6.07, 6.45) is 4.39. The Bertz CT molecular complexity index is 456. The van der Waals surface area contributed by atoms with E-state index in [9.17, 15) is 4.79 Å². The van der Waals surface area contributed by atoms with Gasteiger partial charge in [-0.2, -0.15) is 0 Å². The van der Waals surface area contributed by atoms with Crippen molar-refractivity contribution in [3.05, 3.63) is 35.9 Å². The van der Waals surface area contributed by atoms with E-state index in [1.165, 1.54) is 12.0 Å². The second-order valence-corrected chi connectivity index (χ2v) is 6.17. The molecule has 0 aromatic heterocycles. The van der Waals surface area contributed by atoms with Crippen LogP contribution in [0.3, 0.4) is 0 Å². The minimum atomic E-state index is 0.0413. The van der Waals surface area contributed by atoms with Gasteiger partial charge < -0.3 is 10.6 Å². The van der Waals surface area contributed by atoms with E-state index < -0.39 is 0 Å². The summed E-state index contributed by atoms with van der Waals surface area (Å²) < 4.78 is 0. The quantitative estimate of drug-likeness (QED) is 0.882. The lowest BCUT2D eigenvalue weighted by Crippen LogP contribution is -2.51. The van der Waals surface area contributed by atoms with E-state index >= 15 is 0 Å². The smallest absolute Gasteiger partial charge is 0.237 e. The predicted octanol–water partition coefficient (Wildman–Crippen LogP) is 1.52. The average molecular weight is 287 g/mol. The van der Waals surface area contributed by atoms with Gasteiger partial charge in [-0.15, -0.1) is 0 Å². The number of carbonyl (C=O) groups is 1. The molecule has 0 bridgehead atoms. The largest absolute Gasteiger partial charge is 0.351 e. The summed E-state index contributed by atoms with van der Waals surface area (Å²) >= 11 is 0. The zero-order valence-corrected chi connectivity index (χ0v) is 12.6. The highest BCUT2D eigenvalue weighted by Gasteiger charge is 2.30.